The highest BCUT2D eigenvalue weighted by Gasteiger charge is 2.10. The Balaban J connectivity index is 2.04. The van der Waals surface area contributed by atoms with E-state index in [-0.39, 0.29) is 0 Å². The molecule has 3 heteroatoms. The molecule has 94 valence electrons. The average Bonchev–Trinajstić information content (AvgIpc) is 2.83. The summed E-state index contributed by atoms with van der Waals surface area (Å²) in [6, 6.07) is 18.2. The van der Waals surface area contributed by atoms with Crippen molar-refractivity contribution >= 4 is 22.9 Å². The highest BCUT2D eigenvalue weighted by molar-refractivity contribution is 7.18. The van der Waals surface area contributed by atoms with E-state index in [1.807, 2.05) is 30.3 Å². The molecule has 0 amide bonds. The van der Waals surface area contributed by atoms with Crippen molar-refractivity contribution in [2.75, 3.05) is 0 Å². The molecule has 0 unspecified atom stereocenters. The zero-order valence-electron chi connectivity index (χ0n) is 10.4. The number of nitrogens with zero attached hydrogens (tertiary/aromatic N) is 1. The second-order valence-electron chi connectivity index (χ2n) is 4.31. The van der Waals surface area contributed by atoms with Gasteiger partial charge in [-0.25, -0.2) is 4.98 Å². The summed E-state index contributed by atoms with van der Waals surface area (Å²) in [5.41, 5.74) is 3.40. The molecular formula is C16H12ClNS. The Morgan fingerprint density at radius 3 is 2.26 bits per heavy atom. The van der Waals surface area contributed by atoms with Crippen LogP contribution in [0.2, 0.25) is 5.02 Å². The molecule has 0 radical (unpaired) electrons. The van der Waals surface area contributed by atoms with Crippen LogP contribution >= 0.6 is 22.9 Å². The monoisotopic (exact) mass is 285 g/mol. The topological polar surface area (TPSA) is 12.9 Å². The van der Waals surface area contributed by atoms with Gasteiger partial charge in [0, 0.05) is 10.6 Å². The first-order valence-electron chi connectivity index (χ1n) is 6.03. The third kappa shape index (κ3) is 2.55. The fourth-order valence-corrected chi connectivity index (χ4v) is 3.17. The predicted octanol–water partition coefficient (Wildman–Crippen LogP) is 5.44. The van der Waals surface area contributed by atoms with E-state index < -0.39 is 0 Å². The molecule has 0 aliphatic rings. The van der Waals surface area contributed by atoms with Crippen molar-refractivity contribution in [3.05, 3.63) is 65.3 Å². The van der Waals surface area contributed by atoms with E-state index in [2.05, 4.69) is 36.2 Å². The van der Waals surface area contributed by atoms with Gasteiger partial charge in [-0.1, -0.05) is 54.1 Å². The number of benzene rings is 2. The molecule has 0 atom stereocenters. The normalized spacial score (nSPS) is 10.6. The molecule has 2 aromatic carbocycles. The number of aryl methyl sites for hydroxylation is 1. The number of halogens is 1. The van der Waals surface area contributed by atoms with E-state index in [1.165, 1.54) is 10.4 Å². The van der Waals surface area contributed by atoms with Gasteiger partial charge in [0.15, 0.2) is 0 Å². The highest BCUT2D eigenvalue weighted by atomic mass is 35.5. The van der Waals surface area contributed by atoms with Gasteiger partial charge in [-0.3, -0.25) is 0 Å². The highest BCUT2D eigenvalue weighted by Crippen LogP contribution is 2.35. The molecule has 1 heterocycles. The Bertz CT molecular complexity index is 687. The van der Waals surface area contributed by atoms with Gasteiger partial charge in [0.25, 0.3) is 0 Å². The molecule has 3 aromatic rings. The van der Waals surface area contributed by atoms with E-state index in [9.17, 15) is 0 Å². The first-order chi connectivity index (χ1) is 9.24. The summed E-state index contributed by atoms with van der Waals surface area (Å²) in [7, 11) is 0. The van der Waals surface area contributed by atoms with Crippen molar-refractivity contribution in [2.45, 2.75) is 6.92 Å². The van der Waals surface area contributed by atoms with Crippen molar-refractivity contribution < 1.29 is 0 Å². The van der Waals surface area contributed by atoms with Crippen LogP contribution in [0.1, 0.15) is 5.69 Å². The number of hydrogen-bond acceptors (Lipinski definition) is 2. The molecule has 1 nitrogen and oxygen atoms in total. The third-order valence-corrected chi connectivity index (χ3v) is 4.43. The van der Waals surface area contributed by atoms with Crippen LogP contribution in [0.4, 0.5) is 0 Å². The number of thiazole rings is 1. The molecule has 1 aromatic heterocycles. The predicted molar refractivity (Wildman–Crippen MR) is 82.7 cm³/mol. The summed E-state index contributed by atoms with van der Waals surface area (Å²) in [5, 5.41) is 1.79. The SMILES string of the molecule is Cc1nc(-c2ccc(Cl)cc2)sc1-c1ccccc1. The zero-order chi connectivity index (χ0) is 13.2. The molecule has 0 spiro atoms. The van der Waals surface area contributed by atoms with Crippen LogP contribution < -0.4 is 0 Å². The van der Waals surface area contributed by atoms with Gasteiger partial charge in [-0.2, -0.15) is 0 Å². The Labute approximate surface area is 121 Å². The fourth-order valence-electron chi connectivity index (χ4n) is 1.97. The van der Waals surface area contributed by atoms with E-state index >= 15 is 0 Å². The minimum absolute atomic E-state index is 0.750. The number of aromatic nitrogens is 1. The van der Waals surface area contributed by atoms with Crippen LogP contribution in [0.15, 0.2) is 54.6 Å². The van der Waals surface area contributed by atoms with Crippen molar-refractivity contribution in [1.82, 2.24) is 4.98 Å². The van der Waals surface area contributed by atoms with Gasteiger partial charge >= 0.3 is 0 Å². The zero-order valence-corrected chi connectivity index (χ0v) is 12.0. The maximum Gasteiger partial charge on any atom is 0.124 e. The summed E-state index contributed by atoms with van der Waals surface area (Å²) in [5.74, 6) is 0. The number of hydrogen-bond donors (Lipinski definition) is 0. The van der Waals surface area contributed by atoms with Crippen LogP contribution in [-0.4, -0.2) is 4.98 Å². The summed E-state index contributed by atoms with van der Waals surface area (Å²) >= 11 is 7.63. The minimum atomic E-state index is 0.750. The van der Waals surface area contributed by atoms with Gasteiger partial charge in [0.1, 0.15) is 5.01 Å². The van der Waals surface area contributed by atoms with Crippen molar-refractivity contribution in [3.8, 4) is 21.0 Å². The Kier molecular flexibility index (Phi) is 3.36. The van der Waals surface area contributed by atoms with E-state index in [4.69, 9.17) is 11.6 Å². The summed E-state index contributed by atoms with van der Waals surface area (Å²) < 4.78 is 0. The average molecular weight is 286 g/mol. The summed E-state index contributed by atoms with van der Waals surface area (Å²) in [6.07, 6.45) is 0. The summed E-state index contributed by atoms with van der Waals surface area (Å²) in [6.45, 7) is 2.05. The molecule has 0 N–H and O–H groups in total. The van der Waals surface area contributed by atoms with Gasteiger partial charge in [0.05, 0.1) is 10.6 Å². The van der Waals surface area contributed by atoms with Crippen LogP contribution in [0.5, 0.6) is 0 Å². The van der Waals surface area contributed by atoms with Crippen molar-refractivity contribution in [1.29, 1.82) is 0 Å². The van der Waals surface area contributed by atoms with E-state index in [0.29, 0.717) is 0 Å². The van der Waals surface area contributed by atoms with Gasteiger partial charge in [0.2, 0.25) is 0 Å². The minimum Gasteiger partial charge on any atom is -0.241 e. The van der Waals surface area contributed by atoms with E-state index in [0.717, 1.165) is 21.3 Å². The first-order valence-corrected chi connectivity index (χ1v) is 7.22. The second-order valence-corrected chi connectivity index (χ2v) is 5.74. The molecule has 0 aliphatic heterocycles. The molecule has 0 aliphatic carbocycles. The number of rotatable bonds is 2. The van der Waals surface area contributed by atoms with Crippen molar-refractivity contribution in [3.63, 3.8) is 0 Å². The maximum absolute atomic E-state index is 5.91. The van der Waals surface area contributed by atoms with E-state index in [1.54, 1.807) is 11.3 Å². The molecule has 0 fully saturated rings. The van der Waals surface area contributed by atoms with Crippen LogP contribution in [-0.2, 0) is 0 Å². The molecule has 0 saturated carbocycles. The van der Waals surface area contributed by atoms with Crippen LogP contribution in [0, 0.1) is 6.92 Å². The Morgan fingerprint density at radius 2 is 1.58 bits per heavy atom. The van der Waals surface area contributed by atoms with Crippen LogP contribution in [0.3, 0.4) is 0 Å². The Hall–Kier alpha value is -1.64. The molecule has 0 saturated heterocycles. The Morgan fingerprint density at radius 1 is 0.895 bits per heavy atom. The smallest absolute Gasteiger partial charge is 0.124 e. The standard InChI is InChI=1S/C16H12ClNS/c1-11-15(12-5-3-2-4-6-12)19-16(18-11)13-7-9-14(17)10-8-13/h2-10H,1H3. The van der Waals surface area contributed by atoms with Gasteiger partial charge in [-0.05, 0) is 24.6 Å². The second kappa shape index (κ2) is 5.16. The quantitative estimate of drug-likeness (QED) is 0.611. The molecular weight excluding hydrogens is 274 g/mol. The lowest BCUT2D eigenvalue weighted by molar-refractivity contribution is 1.27. The largest absolute Gasteiger partial charge is 0.241 e. The molecule has 19 heavy (non-hydrogen) atoms. The third-order valence-electron chi connectivity index (χ3n) is 2.92. The molecule has 3 rings (SSSR count). The fraction of sp³-hybridized carbons (Fsp3) is 0.0625. The lowest BCUT2D eigenvalue weighted by Gasteiger charge is -1.97. The van der Waals surface area contributed by atoms with Crippen LogP contribution in [0.25, 0.3) is 21.0 Å². The van der Waals surface area contributed by atoms with Crippen molar-refractivity contribution in [2.24, 2.45) is 0 Å². The molecule has 0 bridgehead atoms. The lowest BCUT2D eigenvalue weighted by atomic mass is 10.2. The summed E-state index contributed by atoms with van der Waals surface area (Å²) in [4.78, 5) is 5.89. The van der Waals surface area contributed by atoms with Gasteiger partial charge < -0.3 is 0 Å². The maximum atomic E-state index is 5.91. The first kappa shape index (κ1) is 12.4. The lowest BCUT2D eigenvalue weighted by Crippen LogP contribution is -1.78. The van der Waals surface area contributed by atoms with Gasteiger partial charge in [-0.15, -0.1) is 11.3 Å².